The van der Waals surface area contributed by atoms with Gasteiger partial charge in [-0.3, -0.25) is 19.2 Å². The molecular weight excluding hydrogens is 724 g/mol. The third-order valence-electron chi connectivity index (χ3n) is 9.60. The average Bonchev–Trinajstić information content (AvgIpc) is 3.13. The van der Waals surface area contributed by atoms with Crippen LogP contribution in [0, 0.1) is 22.7 Å². The summed E-state index contributed by atoms with van der Waals surface area (Å²) in [5.74, 6) is -7.77. The van der Waals surface area contributed by atoms with E-state index < -0.39 is 58.1 Å². The van der Waals surface area contributed by atoms with E-state index in [1.165, 1.54) is 44.6 Å². The van der Waals surface area contributed by atoms with Crippen LogP contribution in [0.25, 0.3) is 5.57 Å². The first kappa shape index (κ1) is 44.7. The van der Waals surface area contributed by atoms with Gasteiger partial charge in [-0.15, -0.1) is 0 Å². The number of carboxylic acids is 1. The van der Waals surface area contributed by atoms with E-state index >= 15 is 0 Å². The van der Waals surface area contributed by atoms with Gasteiger partial charge in [-0.1, -0.05) is 90.0 Å². The minimum Gasteiger partial charge on any atom is -0.478 e. The monoisotopic (exact) mass is 776 g/mol. The van der Waals surface area contributed by atoms with E-state index in [9.17, 15) is 33.9 Å². The molecule has 1 N–H and O–H groups in total. The van der Waals surface area contributed by atoms with Crippen molar-refractivity contribution in [3.8, 4) is 0 Å². The molecule has 3 rings (SSSR count). The Morgan fingerprint density at radius 3 is 1.75 bits per heavy atom. The van der Waals surface area contributed by atoms with E-state index in [0.717, 1.165) is 0 Å². The Labute approximate surface area is 327 Å². The van der Waals surface area contributed by atoms with E-state index in [1.807, 2.05) is 13.8 Å². The van der Waals surface area contributed by atoms with Crippen LogP contribution in [-0.4, -0.2) is 79.4 Å². The minimum atomic E-state index is -1.31. The molecule has 0 bridgehead atoms. The Bertz CT molecular complexity index is 1900. The smallest absolute Gasteiger partial charge is 0.343 e. The summed E-state index contributed by atoms with van der Waals surface area (Å²) >= 11 is 0. The molecule has 14 nitrogen and oxygen atoms in total. The van der Waals surface area contributed by atoms with Crippen LogP contribution in [0.3, 0.4) is 0 Å². The first-order valence-corrected chi connectivity index (χ1v) is 18.4. The van der Waals surface area contributed by atoms with Gasteiger partial charge in [0.2, 0.25) is 0 Å². The second kappa shape index (κ2) is 19.3. The lowest BCUT2D eigenvalue weighted by atomic mass is 9.63. The van der Waals surface area contributed by atoms with E-state index in [4.69, 9.17) is 23.9 Å². The van der Waals surface area contributed by atoms with Gasteiger partial charge in [0.1, 0.15) is 30.8 Å². The molecule has 0 aliphatic heterocycles. The highest BCUT2D eigenvalue weighted by Gasteiger charge is 2.51. The number of allylic oxidation sites excluding steroid dienone is 4. The van der Waals surface area contributed by atoms with Crippen molar-refractivity contribution in [3.05, 3.63) is 77.1 Å². The number of rotatable bonds is 18. The summed E-state index contributed by atoms with van der Waals surface area (Å²) in [7, 11) is 2.36. The fourth-order valence-corrected chi connectivity index (χ4v) is 7.07. The predicted molar refractivity (Wildman–Crippen MR) is 208 cm³/mol. The summed E-state index contributed by atoms with van der Waals surface area (Å²) in [6.45, 7) is 17.7. The lowest BCUT2D eigenvalue weighted by Gasteiger charge is -2.39. The van der Waals surface area contributed by atoms with Crippen LogP contribution in [0.4, 0.5) is 0 Å². The summed E-state index contributed by atoms with van der Waals surface area (Å²) < 4.78 is 16.2. The van der Waals surface area contributed by atoms with E-state index in [1.54, 1.807) is 27.7 Å². The summed E-state index contributed by atoms with van der Waals surface area (Å²) in [6.07, 6.45) is 4.28. The molecule has 56 heavy (non-hydrogen) atoms. The molecule has 0 fully saturated rings. The normalized spacial score (nSPS) is 19.6. The van der Waals surface area contributed by atoms with Gasteiger partial charge in [-0.25, -0.2) is 9.59 Å². The molecule has 2 atom stereocenters. The number of esters is 3. The number of nitrogens with zero attached hydrogens (tertiary/aromatic N) is 2. The van der Waals surface area contributed by atoms with Crippen molar-refractivity contribution < 1.29 is 57.8 Å². The summed E-state index contributed by atoms with van der Waals surface area (Å²) in [4.78, 5) is 92.7. The average molecular weight is 777 g/mol. The molecule has 0 spiro atoms. The molecule has 0 heterocycles. The number of ether oxygens (including phenoxy) is 3. The molecule has 0 saturated heterocycles. The number of benzene rings is 1. The fraction of sp³-hybridized carbons (Fsp3) is 0.476. The summed E-state index contributed by atoms with van der Waals surface area (Å²) in [5.41, 5.74) is -2.06. The van der Waals surface area contributed by atoms with Gasteiger partial charge in [0, 0.05) is 12.0 Å². The van der Waals surface area contributed by atoms with Gasteiger partial charge in [-0.05, 0) is 59.4 Å². The zero-order valence-corrected chi connectivity index (χ0v) is 33.4. The number of carbonyl (C=O) groups is 6. The fourth-order valence-electron chi connectivity index (χ4n) is 7.07. The summed E-state index contributed by atoms with van der Waals surface area (Å²) in [6, 6.07) is 3.74. The third-order valence-corrected chi connectivity index (χ3v) is 9.60. The standard InChI is InChI=1S/C42H52N2O12/c1-11-15-28(43-54-19-13-3)31-27(22-41(5,6)33(35(31)45)39(50)52-9)26-21-24(37(47)48)17-18-25(26)38(49)56-30-23-42(7,8)34(40(51)53-10)36(46)32(30)29(16-12-2)44-55-20-14-4/h13-14,17-18,21,33-34H,3-4,11-12,15-16,19-20,22-23H2,1-2,5-10H3,(H,47,48). The number of Topliss-reactive ketones (excluding diaryl/α,β-unsaturated/α-hetero) is 2. The lowest BCUT2D eigenvalue weighted by Crippen LogP contribution is -2.45. The van der Waals surface area contributed by atoms with Crippen molar-refractivity contribution in [2.45, 2.75) is 80.1 Å². The zero-order valence-electron chi connectivity index (χ0n) is 33.4. The second-order valence-electron chi connectivity index (χ2n) is 14.8. The van der Waals surface area contributed by atoms with Crippen LogP contribution in [0.1, 0.15) is 106 Å². The molecule has 0 radical (unpaired) electrons. The number of oxime groups is 2. The Balaban J connectivity index is 2.44. The van der Waals surface area contributed by atoms with Gasteiger partial charge < -0.3 is 29.0 Å². The molecular formula is C42H52N2O12. The largest absolute Gasteiger partial charge is 0.478 e. The highest BCUT2D eigenvalue weighted by molar-refractivity contribution is 6.32. The van der Waals surface area contributed by atoms with Gasteiger partial charge in [0.25, 0.3) is 0 Å². The lowest BCUT2D eigenvalue weighted by molar-refractivity contribution is -0.155. The van der Waals surface area contributed by atoms with Gasteiger partial charge in [-0.2, -0.15) is 0 Å². The zero-order chi connectivity index (χ0) is 42.0. The van der Waals surface area contributed by atoms with Gasteiger partial charge >= 0.3 is 23.9 Å². The highest BCUT2D eigenvalue weighted by atomic mass is 16.6. The SMILES string of the molecule is C=CCON=C(CCC)C1=C(OC(=O)c2ccc(C(=O)O)cc2C2=C(C(CCC)=NOCC=C)C(=O)C(C(=O)OC)C(C)(C)C2)CC(C)(C)C(C(=O)OC)C1=O. The Morgan fingerprint density at radius 1 is 0.804 bits per heavy atom. The maximum atomic E-state index is 14.6. The molecule has 0 saturated carbocycles. The molecule has 1 aromatic rings. The van der Waals surface area contributed by atoms with Crippen molar-refractivity contribution >= 4 is 52.4 Å². The summed E-state index contributed by atoms with van der Waals surface area (Å²) in [5, 5.41) is 18.5. The quantitative estimate of drug-likeness (QED) is 0.0311. The van der Waals surface area contributed by atoms with Crippen molar-refractivity contribution in [1.82, 2.24) is 0 Å². The maximum Gasteiger partial charge on any atom is 0.343 e. The first-order valence-electron chi connectivity index (χ1n) is 18.4. The second-order valence-corrected chi connectivity index (χ2v) is 14.8. The maximum absolute atomic E-state index is 14.6. The Kier molecular flexibility index (Phi) is 15.4. The van der Waals surface area contributed by atoms with Crippen LogP contribution in [0.15, 0.2) is 70.7 Å². The van der Waals surface area contributed by atoms with Crippen LogP contribution in [0.2, 0.25) is 0 Å². The van der Waals surface area contributed by atoms with Crippen LogP contribution >= 0.6 is 0 Å². The van der Waals surface area contributed by atoms with E-state index in [2.05, 4.69) is 23.5 Å². The molecule has 2 unspecified atom stereocenters. The number of methoxy groups -OCH3 is 2. The molecule has 2 aliphatic carbocycles. The number of hydrogen-bond donors (Lipinski definition) is 1. The highest BCUT2D eigenvalue weighted by Crippen LogP contribution is 2.48. The van der Waals surface area contributed by atoms with Crippen molar-refractivity contribution in [2.75, 3.05) is 27.4 Å². The third kappa shape index (κ3) is 9.76. The van der Waals surface area contributed by atoms with Gasteiger partial charge in [0.15, 0.2) is 11.6 Å². The molecule has 0 aromatic heterocycles. The van der Waals surface area contributed by atoms with Crippen LogP contribution < -0.4 is 0 Å². The van der Waals surface area contributed by atoms with Crippen molar-refractivity contribution in [3.63, 3.8) is 0 Å². The number of ketones is 2. The Hall–Kier alpha value is -5.66. The number of aromatic carboxylic acids is 1. The van der Waals surface area contributed by atoms with Crippen molar-refractivity contribution in [1.29, 1.82) is 0 Å². The van der Waals surface area contributed by atoms with E-state index in [0.29, 0.717) is 12.8 Å². The van der Waals surface area contributed by atoms with E-state index in [-0.39, 0.29) is 89.5 Å². The molecule has 1 aromatic carbocycles. The predicted octanol–water partition coefficient (Wildman–Crippen LogP) is 6.84. The number of carbonyl (C=O) groups excluding carboxylic acids is 5. The number of carboxylic acid groups (broad SMARTS) is 1. The Morgan fingerprint density at radius 2 is 1.29 bits per heavy atom. The minimum absolute atomic E-state index is 0.00436. The number of hydrogen-bond acceptors (Lipinski definition) is 13. The first-order chi connectivity index (χ1) is 26.5. The topological polar surface area (TPSA) is 194 Å². The molecule has 14 heteroatoms. The van der Waals surface area contributed by atoms with Gasteiger partial charge in [0.05, 0.1) is 42.3 Å². The molecule has 2 aliphatic rings. The van der Waals surface area contributed by atoms with Crippen LogP contribution in [-0.2, 0) is 43.1 Å². The molecule has 0 amide bonds. The van der Waals surface area contributed by atoms with Crippen molar-refractivity contribution in [2.24, 2.45) is 33.0 Å². The molecule has 302 valence electrons. The van der Waals surface area contributed by atoms with Crippen LogP contribution in [0.5, 0.6) is 0 Å².